The van der Waals surface area contributed by atoms with Gasteiger partial charge in [0, 0.05) is 24.3 Å². The average Bonchev–Trinajstić information content (AvgIpc) is 2.28. The first-order chi connectivity index (χ1) is 8.37. The van der Waals surface area contributed by atoms with Gasteiger partial charge in [-0.25, -0.2) is 8.42 Å². The van der Waals surface area contributed by atoms with Crippen LogP contribution in [0.5, 0.6) is 0 Å². The zero-order chi connectivity index (χ0) is 13.8. The molecule has 0 radical (unpaired) electrons. The van der Waals surface area contributed by atoms with Crippen LogP contribution in [0.2, 0.25) is 0 Å². The van der Waals surface area contributed by atoms with E-state index in [-0.39, 0.29) is 36.1 Å². The van der Waals surface area contributed by atoms with E-state index in [4.69, 9.17) is 0 Å². The van der Waals surface area contributed by atoms with Gasteiger partial charge >= 0.3 is 29.6 Å². The number of aldehydes is 1. The summed E-state index contributed by atoms with van der Waals surface area (Å²) in [6, 6.07) is 5.24. The number of aryl methyl sites for hydroxylation is 1. The van der Waals surface area contributed by atoms with Crippen molar-refractivity contribution in [1.29, 1.82) is 0 Å². The topological polar surface area (TPSA) is 77.5 Å². The summed E-state index contributed by atoms with van der Waals surface area (Å²) in [5.41, 5.74) is 2.24. The van der Waals surface area contributed by atoms with E-state index in [1.807, 2.05) is 19.9 Å². The van der Waals surface area contributed by atoms with Crippen LogP contribution >= 0.6 is 0 Å². The third kappa shape index (κ3) is 6.05. The predicted octanol–water partition coefficient (Wildman–Crippen LogP) is -1.82. The summed E-state index contributed by atoms with van der Waals surface area (Å²) in [5.74, 6) is -0.421. The summed E-state index contributed by atoms with van der Waals surface area (Å²) in [6.07, 6.45) is 0.775. The summed E-state index contributed by atoms with van der Waals surface area (Å²) in [4.78, 5) is 12.5. The minimum Gasteiger partial charge on any atom is -0.748 e. The molecule has 0 aromatic heterocycles. The van der Waals surface area contributed by atoms with Crippen molar-refractivity contribution in [3.05, 3.63) is 29.3 Å². The van der Waals surface area contributed by atoms with E-state index in [1.165, 1.54) is 0 Å². The van der Waals surface area contributed by atoms with Gasteiger partial charge in [0.25, 0.3) is 0 Å². The maximum absolute atomic E-state index is 10.7. The summed E-state index contributed by atoms with van der Waals surface area (Å²) < 4.78 is 31.9. The number of carbonyl (C=O) groups excluding carboxylic acids is 1. The second kappa shape index (κ2) is 8.01. The monoisotopic (exact) mass is 293 g/mol. The fraction of sp³-hybridized carbons (Fsp3) is 0.417. The van der Waals surface area contributed by atoms with Crippen molar-refractivity contribution in [3.63, 3.8) is 0 Å². The first-order valence-electron chi connectivity index (χ1n) is 5.61. The molecule has 0 atom stereocenters. The molecular weight excluding hydrogens is 277 g/mol. The van der Waals surface area contributed by atoms with Gasteiger partial charge in [-0.3, -0.25) is 4.79 Å². The molecule has 0 saturated carbocycles. The molecule has 0 bridgehead atoms. The van der Waals surface area contributed by atoms with Crippen LogP contribution in [0, 0.1) is 6.92 Å². The van der Waals surface area contributed by atoms with E-state index in [0.29, 0.717) is 12.1 Å². The zero-order valence-corrected chi connectivity index (χ0v) is 14.2. The molecule has 1 aromatic carbocycles. The molecule has 1 aromatic rings. The fourth-order valence-corrected chi connectivity index (χ4v) is 2.12. The number of hydrogen-bond acceptors (Lipinski definition) is 5. The second-order valence-electron chi connectivity index (χ2n) is 4.00. The van der Waals surface area contributed by atoms with Crippen molar-refractivity contribution < 1.29 is 47.3 Å². The van der Waals surface area contributed by atoms with Gasteiger partial charge in [0.1, 0.15) is 6.29 Å². The molecule has 0 spiro atoms. The molecule has 7 heteroatoms. The molecule has 0 aliphatic carbocycles. The summed E-state index contributed by atoms with van der Waals surface area (Å²) >= 11 is 0. The van der Waals surface area contributed by atoms with Gasteiger partial charge in [0.2, 0.25) is 0 Å². The number of carbonyl (C=O) groups is 1. The number of anilines is 1. The molecule has 0 unspecified atom stereocenters. The minimum absolute atomic E-state index is 0. The van der Waals surface area contributed by atoms with Gasteiger partial charge in [-0.2, -0.15) is 0 Å². The van der Waals surface area contributed by atoms with Crippen molar-refractivity contribution in [3.8, 4) is 0 Å². The smallest absolute Gasteiger partial charge is 0.748 e. The maximum Gasteiger partial charge on any atom is 1.00 e. The molecule has 1 rings (SSSR count). The van der Waals surface area contributed by atoms with Crippen LogP contribution in [0.15, 0.2) is 18.2 Å². The summed E-state index contributed by atoms with van der Waals surface area (Å²) in [5, 5.41) is 0. The van der Waals surface area contributed by atoms with Gasteiger partial charge < -0.3 is 9.45 Å². The van der Waals surface area contributed by atoms with Gasteiger partial charge in [-0.15, -0.1) is 0 Å². The maximum atomic E-state index is 10.7. The molecule has 0 aliphatic rings. The molecule has 5 nitrogen and oxygen atoms in total. The van der Waals surface area contributed by atoms with Crippen LogP contribution in [0.25, 0.3) is 0 Å². The van der Waals surface area contributed by atoms with Gasteiger partial charge in [0.05, 0.1) is 15.9 Å². The predicted molar refractivity (Wildman–Crippen MR) is 69.0 cm³/mol. The molecular formula is C12H16NNaO4S. The van der Waals surface area contributed by atoms with E-state index in [2.05, 4.69) is 0 Å². The number of hydrogen-bond donors (Lipinski definition) is 0. The zero-order valence-electron chi connectivity index (χ0n) is 11.4. The molecule has 0 saturated heterocycles. The first kappa shape index (κ1) is 18.6. The molecule has 19 heavy (non-hydrogen) atoms. The van der Waals surface area contributed by atoms with Gasteiger partial charge in [-0.05, 0) is 37.6 Å². The van der Waals surface area contributed by atoms with Crippen LogP contribution in [-0.4, -0.2) is 38.1 Å². The van der Waals surface area contributed by atoms with Crippen LogP contribution < -0.4 is 34.5 Å². The molecule has 0 amide bonds. The Morgan fingerprint density at radius 2 is 2.00 bits per heavy atom. The Balaban J connectivity index is 0.00000324. The van der Waals surface area contributed by atoms with Crippen LogP contribution in [0.1, 0.15) is 22.8 Å². The standard InChI is InChI=1S/C12H17NO4S.Na/c1-3-13(6-7-18(15,16)17)12-5-4-11(9-14)10(2)8-12;/h4-5,8-9H,3,6-7H2,1-2H3,(H,15,16,17);/q;+1/p-1. The van der Waals surface area contributed by atoms with Crippen molar-refractivity contribution >= 4 is 22.1 Å². The number of rotatable bonds is 6. The largest absolute Gasteiger partial charge is 1.00 e. The normalized spacial score (nSPS) is 10.7. The molecule has 100 valence electrons. The van der Waals surface area contributed by atoms with Gasteiger partial charge in [0.15, 0.2) is 0 Å². The summed E-state index contributed by atoms with van der Waals surface area (Å²) in [6.45, 7) is 4.43. The third-order valence-corrected chi connectivity index (χ3v) is 3.42. The first-order valence-corrected chi connectivity index (χ1v) is 7.19. The molecule has 0 N–H and O–H groups in total. The Morgan fingerprint density at radius 3 is 2.42 bits per heavy atom. The molecule has 0 aliphatic heterocycles. The number of nitrogens with zero attached hydrogens (tertiary/aromatic N) is 1. The Labute approximate surface area is 136 Å². The van der Waals surface area contributed by atoms with E-state index in [9.17, 15) is 17.8 Å². The molecule has 0 fully saturated rings. The van der Waals surface area contributed by atoms with Crippen LogP contribution in [0.4, 0.5) is 5.69 Å². The van der Waals surface area contributed by atoms with Crippen LogP contribution in [0.3, 0.4) is 0 Å². The Hall–Kier alpha value is -0.400. The summed E-state index contributed by atoms with van der Waals surface area (Å²) in [7, 11) is -4.21. The van der Waals surface area contributed by atoms with Crippen molar-refractivity contribution in [2.24, 2.45) is 0 Å². The van der Waals surface area contributed by atoms with E-state index in [1.54, 1.807) is 17.0 Å². The van der Waals surface area contributed by atoms with Crippen molar-refractivity contribution in [1.82, 2.24) is 0 Å². The number of benzene rings is 1. The average molecular weight is 293 g/mol. The Bertz CT molecular complexity index is 531. The SMILES string of the molecule is CCN(CCS(=O)(=O)[O-])c1ccc(C=O)c(C)c1.[Na+]. The van der Waals surface area contributed by atoms with Crippen molar-refractivity contribution in [2.45, 2.75) is 13.8 Å². The Morgan fingerprint density at radius 1 is 1.37 bits per heavy atom. The minimum atomic E-state index is -4.21. The van der Waals surface area contributed by atoms with E-state index in [0.717, 1.165) is 17.5 Å². The molecule has 0 heterocycles. The van der Waals surface area contributed by atoms with Gasteiger partial charge in [-0.1, -0.05) is 0 Å². The van der Waals surface area contributed by atoms with Crippen molar-refractivity contribution in [2.75, 3.05) is 23.7 Å². The van der Waals surface area contributed by atoms with E-state index >= 15 is 0 Å². The van der Waals surface area contributed by atoms with E-state index < -0.39 is 15.9 Å². The fourth-order valence-electron chi connectivity index (χ4n) is 1.68. The van der Waals surface area contributed by atoms with Crippen LogP contribution in [-0.2, 0) is 10.1 Å². The third-order valence-electron chi connectivity index (χ3n) is 2.74. The Kier molecular flexibility index (Phi) is 7.85. The quantitative estimate of drug-likeness (QED) is 0.351. The second-order valence-corrected chi connectivity index (χ2v) is 5.52.